The number of alkyl halides is 3. The van der Waals surface area contributed by atoms with Crippen molar-refractivity contribution in [1.82, 2.24) is 9.97 Å². The Bertz CT molecular complexity index is 973. The van der Waals surface area contributed by atoms with E-state index in [2.05, 4.69) is 20.6 Å². The van der Waals surface area contributed by atoms with E-state index in [9.17, 15) is 18.0 Å². The number of amides is 1. The van der Waals surface area contributed by atoms with E-state index in [1.54, 1.807) is 0 Å². The smallest absolute Gasteiger partial charge is 0.324 e. The van der Waals surface area contributed by atoms with Crippen molar-refractivity contribution < 1.29 is 18.0 Å². The summed E-state index contributed by atoms with van der Waals surface area (Å²) < 4.78 is 38.3. The average molecular weight is 372 g/mol. The maximum atomic E-state index is 12.8. The fraction of sp³-hybridized carbons (Fsp3) is 0.105. The molecule has 0 fully saturated rings. The van der Waals surface area contributed by atoms with E-state index in [0.717, 1.165) is 23.4 Å². The van der Waals surface area contributed by atoms with Gasteiger partial charge in [-0.1, -0.05) is 18.2 Å². The molecule has 3 rings (SSSR count). The number of hydrogen-bond donors (Lipinski definition) is 2. The lowest BCUT2D eigenvalue weighted by Crippen LogP contribution is -2.15. The van der Waals surface area contributed by atoms with Crippen molar-refractivity contribution in [2.75, 3.05) is 10.6 Å². The van der Waals surface area contributed by atoms with Crippen LogP contribution in [0.3, 0.4) is 0 Å². The molecule has 0 spiro atoms. The molecule has 0 saturated heterocycles. The lowest BCUT2D eigenvalue weighted by atomic mass is 10.2. The van der Waals surface area contributed by atoms with Gasteiger partial charge in [0.05, 0.1) is 5.56 Å². The van der Waals surface area contributed by atoms with Gasteiger partial charge in [-0.3, -0.25) is 4.79 Å². The van der Waals surface area contributed by atoms with Gasteiger partial charge in [-0.15, -0.1) is 0 Å². The summed E-state index contributed by atoms with van der Waals surface area (Å²) in [6.45, 7) is 1.94. The third-order valence-electron chi connectivity index (χ3n) is 3.61. The number of anilines is 3. The van der Waals surface area contributed by atoms with Crippen molar-refractivity contribution in [3.05, 3.63) is 77.6 Å². The summed E-state index contributed by atoms with van der Waals surface area (Å²) in [5.41, 5.74) is 1.01. The number of rotatable bonds is 4. The van der Waals surface area contributed by atoms with Crippen LogP contribution in [0.1, 0.15) is 21.6 Å². The van der Waals surface area contributed by atoms with Crippen LogP contribution in [0.4, 0.5) is 30.5 Å². The molecule has 2 N–H and O–H groups in total. The van der Waals surface area contributed by atoms with Gasteiger partial charge in [0, 0.05) is 17.6 Å². The average Bonchev–Trinajstić information content (AvgIpc) is 2.61. The Hall–Kier alpha value is -3.42. The maximum Gasteiger partial charge on any atom is 0.416 e. The van der Waals surface area contributed by atoms with E-state index >= 15 is 0 Å². The zero-order valence-corrected chi connectivity index (χ0v) is 14.2. The van der Waals surface area contributed by atoms with Crippen LogP contribution in [-0.2, 0) is 6.18 Å². The van der Waals surface area contributed by atoms with Crippen molar-refractivity contribution in [3.63, 3.8) is 0 Å². The van der Waals surface area contributed by atoms with Crippen LogP contribution < -0.4 is 10.6 Å². The van der Waals surface area contributed by atoms with Gasteiger partial charge >= 0.3 is 6.18 Å². The molecule has 8 heteroatoms. The lowest BCUT2D eigenvalue weighted by molar-refractivity contribution is -0.137. The maximum absolute atomic E-state index is 12.8. The first-order chi connectivity index (χ1) is 12.8. The Morgan fingerprint density at radius 3 is 2.48 bits per heavy atom. The van der Waals surface area contributed by atoms with Gasteiger partial charge in [-0.05, 0) is 48.9 Å². The van der Waals surface area contributed by atoms with Crippen molar-refractivity contribution in [1.29, 1.82) is 0 Å². The highest BCUT2D eigenvalue weighted by molar-refractivity contribution is 6.03. The minimum absolute atomic E-state index is 0.0255. The minimum Gasteiger partial charge on any atom is -0.324 e. The van der Waals surface area contributed by atoms with Crippen molar-refractivity contribution in [2.24, 2.45) is 0 Å². The first kappa shape index (κ1) is 18.4. The molecule has 0 saturated carbocycles. The van der Waals surface area contributed by atoms with Crippen LogP contribution in [-0.4, -0.2) is 15.9 Å². The van der Waals surface area contributed by atoms with E-state index in [1.165, 1.54) is 24.4 Å². The Labute approximate surface area is 153 Å². The SMILES string of the molecule is Cc1cccc(Nc2nccc(C(=O)Nc3cccc(C(F)(F)F)c3)n2)c1. The summed E-state index contributed by atoms with van der Waals surface area (Å²) in [6, 6.07) is 13.3. The topological polar surface area (TPSA) is 66.9 Å². The number of nitrogens with one attached hydrogen (secondary N) is 2. The first-order valence-electron chi connectivity index (χ1n) is 7.96. The van der Waals surface area contributed by atoms with Gasteiger partial charge in [0.2, 0.25) is 5.95 Å². The van der Waals surface area contributed by atoms with Gasteiger partial charge < -0.3 is 10.6 Å². The molecule has 1 amide bonds. The van der Waals surface area contributed by atoms with Crippen LogP contribution >= 0.6 is 0 Å². The quantitative estimate of drug-likeness (QED) is 0.690. The number of benzene rings is 2. The Morgan fingerprint density at radius 2 is 1.74 bits per heavy atom. The molecule has 0 atom stereocenters. The molecule has 0 radical (unpaired) electrons. The molecule has 5 nitrogen and oxygen atoms in total. The number of carbonyl (C=O) groups is 1. The van der Waals surface area contributed by atoms with E-state index in [4.69, 9.17) is 0 Å². The number of carbonyl (C=O) groups excluding carboxylic acids is 1. The summed E-state index contributed by atoms with van der Waals surface area (Å²) in [5, 5.41) is 5.40. The second kappa shape index (κ2) is 7.45. The van der Waals surface area contributed by atoms with Crippen molar-refractivity contribution in [2.45, 2.75) is 13.1 Å². The number of halogens is 3. The third-order valence-corrected chi connectivity index (χ3v) is 3.61. The number of aromatic nitrogens is 2. The van der Waals surface area contributed by atoms with Crippen LogP contribution in [0.25, 0.3) is 0 Å². The molecular weight excluding hydrogens is 357 g/mol. The second-order valence-corrected chi connectivity index (χ2v) is 5.79. The monoisotopic (exact) mass is 372 g/mol. The van der Waals surface area contributed by atoms with Crippen LogP contribution in [0.2, 0.25) is 0 Å². The highest BCUT2D eigenvalue weighted by atomic mass is 19.4. The Kier molecular flexibility index (Phi) is 5.07. The van der Waals surface area contributed by atoms with E-state index in [1.807, 2.05) is 31.2 Å². The predicted molar refractivity (Wildman–Crippen MR) is 95.9 cm³/mol. The zero-order chi connectivity index (χ0) is 19.4. The van der Waals surface area contributed by atoms with Gasteiger partial charge in [0.25, 0.3) is 5.91 Å². The summed E-state index contributed by atoms with van der Waals surface area (Å²) in [6.07, 6.45) is -3.09. The molecule has 0 aliphatic rings. The molecule has 1 heterocycles. The van der Waals surface area contributed by atoms with E-state index in [0.29, 0.717) is 0 Å². The molecule has 0 unspecified atom stereocenters. The number of hydrogen-bond acceptors (Lipinski definition) is 4. The summed E-state index contributed by atoms with van der Waals surface area (Å²) >= 11 is 0. The van der Waals surface area contributed by atoms with E-state index in [-0.39, 0.29) is 17.3 Å². The lowest BCUT2D eigenvalue weighted by Gasteiger charge is -2.10. The second-order valence-electron chi connectivity index (χ2n) is 5.79. The van der Waals surface area contributed by atoms with Crippen LogP contribution in [0.15, 0.2) is 60.8 Å². The normalized spacial score (nSPS) is 11.1. The molecule has 3 aromatic rings. The molecule has 27 heavy (non-hydrogen) atoms. The summed E-state index contributed by atoms with van der Waals surface area (Å²) in [5.74, 6) is -0.429. The van der Waals surface area contributed by atoms with Gasteiger partial charge in [-0.2, -0.15) is 13.2 Å². The first-order valence-corrected chi connectivity index (χ1v) is 7.96. The number of aryl methyl sites for hydroxylation is 1. The molecular formula is C19H15F3N4O. The third kappa shape index (κ3) is 4.81. The minimum atomic E-state index is -4.49. The van der Waals surface area contributed by atoms with Gasteiger partial charge in [0.15, 0.2) is 0 Å². The molecule has 0 aliphatic heterocycles. The highest BCUT2D eigenvalue weighted by Gasteiger charge is 2.30. The van der Waals surface area contributed by atoms with Crippen LogP contribution in [0, 0.1) is 6.92 Å². The Morgan fingerprint density at radius 1 is 1.00 bits per heavy atom. The fourth-order valence-electron chi connectivity index (χ4n) is 2.37. The number of nitrogens with zero attached hydrogens (tertiary/aromatic N) is 2. The predicted octanol–water partition coefficient (Wildman–Crippen LogP) is 4.80. The van der Waals surface area contributed by atoms with Gasteiger partial charge in [-0.25, -0.2) is 9.97 Å². The molecule has 0 bridgehead atoms. The standard InChI is InChI=1S/C19H15F3N4O/c1-12-4-2-6-14(10-12)25-18-23-9-8-16(26-18)17(27)24-15-7-3-5-13(11-15)19(20,21)22/h2-11H,1H3,(H,24,27)(H,23,25,26). The summed E-state index contributed by atoms with van der Waals surface area (Å²) in [7, 11) is 0. The Balaban J connectivity index is 1.76. The van der Waals surface area contributed by atoms with Gasteiger partial charge in [0.1, 0.15) is 5.69 Å². The largest absolute Gasteiger partial charge is 0.416 e. The summed E-state index contributed by atoms with van der Waals surface area (Å²) in [4.78, 5) is 20.5. The molecule has 138 valence electrons. The van der Waals surface area contributed by atoms with Crippen molar-refractivity contribution >= 4 is 23.2 Å². The zero-order valence-electron chi connectivity index (χ0n) is 14.2. The fourth-order valence-corrected chi connectivity index (χ4v) is 2.37. The van der Waals surface area contributed by atoms with E-state index < -0.39 is 17.6 Å². The molecule has 2 aromatic carbocycles. The highest BCUT2D eigenvalue weighted by Crippen LogP contribution is 2.30. The molecule has 0 aliphatic carbocycles. The van der Waals surface area contributed by atoms with Crippen LogP contribution in [0.5, 0.6) is 0 Å². The molecule has 1 aromatic heterocycles. The van der Waals surface area contributed by atoms with Crippen molar-refractivity contribution in [3.8, 4) is 0 Å².